The fourth-order valence-corrected chi connectivity index (χ4v) is 5.82. The van der Waals surface area contributed by atoms with Crippen molar-refractivity contribution in [2.75, 3.05) is 19.8 Å². The van der Waals surface area contributed by atoms with Crippen molar-refractivity contribution in [3.8, 4) is 0 Å². The Balaban J connectivity index is 4.56. The lowest BCUT2D eigenvalue weighted by Crippen LogP contribution is -2.34. The Labute approximate surface area is 342 Å². The van der Waals surface area contributed by atoms with Crippen molar-refractivity contribution >= 4 is 31.5 Å². The first-order valence-corrected chi connectivity index (χ1v) is 22.4. The molecule has 0 heterocycles. The molecule has 0 aromatic rings. The van der Waals surface area contributed by atoms with Gasteiger partial charge < -0.3 is 25.2 Å². The number of allylic oxidation sites excluding steroid dienone is 12. The Bertz CT molecular complexity index is 1300. The third-order valence-corrected chi connectivity index (χ3v) is 9.35. The number of carbonyl (C=O) groups is 4. The van der Waals surface area contributed by atoms with Gasteiger partial charge >= 0.3 is 25.7 Å². The van der Waals surface area contributed by atoms with E-state index in [4.69, 9.17) is 24.8 Å². The van der Waals surface area contributed by atoms with Gasteiger partial charge in [-0.25, -0.2) is 4.57 Å². The monoisotopic (exact) mass is 821 g/mol. The first kappa shape index (κ1) is 53.6. The van der Waals surface area contributed by atoms with Crippen molar-refractivity contribution < 1.29 is 52.3 Å². The van der Waals surface area contributed by atoms with Gasteiger partial charge in [-0.15, -0.1) is 0 Å². The van der Waals surface area contributed by atoms with E-state index in [1.165, 1.54) is 19.3 Å². The Morgan fingerprint density at radius 3 is 1.75 bits per heavy atom. The van der Waals surface area contributed by atoms with Crippen molar-refractivity contribution in [1.29, 1.82) is 0 Å². The molecule has 57 heavy (non-hydrogen) atoms. The molecule has 0 bridgehead atoms. The summed E-state index contributed by atoms with van der Waals surface area (Å²) in [6.07, 6.45) is 41.0. The molecule has 0 amide bonds. The molecule has 1 unspecified atom stereocenters. The molecule has 12 nitrogen and oxygen atoms in total. The zero-order chi connectivity index (χ0) is 42.2. The normalized spacial score (nSPS) is 14.4. The van der Waals surface area contributed by atoms with Crippen LogP contribution in [0.4, 0.5) is 0 Å². The second-order valence-electron chi connectivity index (χ2n) is 13.8. The van der Waals surface area contributed by atoms with Crippen molar-refractivity contribution in [2.24, 2.45) is 5.73 Å². The van der Waals surface area contributed by atoms with Gasteiger partial charge in [-0.3, -0.25) is 28.2 Å². The fraction of sp³-hybridized carbons (Fsp3) is 0.636. The Kier molecular flexibility index (Phi) is 35.8. The van der Waals surface area contributed by atoms with Crippen LogP contribution in [0.5, 0.6) is 0 Å². The lowest BCUT2D eigenvalue weighted by atomic mass is 10.1. The minimum Gasteiger partial charge on any atom is -0.480 e. The van der Waals surface area contributed by atoms with Crippen LogP contribution in [0.3, 0.4) is 0 Å². The van der Waals surface area contributed by atoms with E-state index in [-0.39, 0.29) is 18.6 Å². The van der Waals surface area contributed by atoms with E-state index in [9.17, 15) is 28.6 Å². The molecule has 13 heteroatoms. The van der Waals surface area contributed by atoms with Crippen molar-refractivity contribution in [3.63, 3.8) is 0 Å². The quantitative estimate of drug-likeness (QED) is 0.0134. The van der Waals surface area contributed by atoms with E-state index in [2.05, 4.69) is 42.7 Å². The van der Waals surface area contributed by atoms with E-state index < -0.39 is 57.7 Å². The van der Waals surface area contributed by atoms with Crippen LogP contribution >= 0.6 is 7.82 Å². The van der Waals surface area contributed by atoms with Gasteiger partial charge in [0.25, 0.3) is 0 Å². The highest BCUT2D eigenvalue weighted by Crippen LogP contribution is 2.43. The number of phosphoric acid groups is 1. The minimum absolute atomic E-state index is 0.113. The van der Waals surface area contributed by atoms with Crippen LogP contribution in [0.2, 0.25) is 0 Å². The molecule has 0 spiro atoms. The molecule has 324 valence electrons. The van der Waals surface area contributed by atoms with Gasteiger partial charge in [-0.05, 0) is 76.7 Å². The standard InChI is InChI=1S/C44H72NO11P/c1-3-5-7-8-9-10-11-12-13-14-17-21-24-27-31-35-43(48)56-40(37-54-57(51,52)55-38-41(45)44(49)50)36-53-42(47)34-30-26-23-20-18-15-16-19-22-25-29-33-39(46)32-28-6-4-2/h9-10,12-13,15-16,20,22-23,25,29,33,40-41H,3-8,11,14,17-19,21,24,26-28,30-32,34-38,45H2,1-2H3,(H,49,50)(H,51,52)/b10-9-,13-12-,16-15-,23-20-,25-22-,33-29+/t40-,41+/m1/s1. The predicted molar refractivity (Wildman–Crippen MR) is 226 cm³/mol. The number of hydrogen-bond donors (Lipinski definition) is 3. The molecule has 0 aliphatic heterocycles. The average Bonchev–Trinajstić information content (AvgIpc) is 3.18. The number of rotatable bonds is 38. The highest BCUT2D eigenvalue weighted by Gasteiger charge is 2.28. The maximum absolute atomic E-state index is 12.6. The highest BCUT2D eigenvalue weighted by atomic mass is 31.2. The minimum atomic E-state index is -4.75. The Hall–Kier alpha value is -3.41. The zero-order valence-electron chi connectivity index (χ0n) is 34.6. The van der Waals surface area contributed by atoms with Crippen LogP contribution in [0.1, 0.15) is 149 Å². The first-order chi connectivity index (χ1) is 27.5. The lowest BCUT2D eigenvalue weighted by molar-refractivity contribution is -0.161. The van der Waals surface area contributed by atoms with E-state index in [1.54, 1.807) is 12.2 Å². The van der Waals surface area contributed by atoms with Crippen LogP contribution in [0, 0.1) is 0 Å². The summed E-state index contributed by atoms with van der Waals surface area (Å²) >= 11 is 0. The van der Waals surface area contributed by atoms with Crippen LogP contribution < -0.4 is 5.73 Å². The molecule has 0 aromatic carbocycles. The largest absolute Gasteiger partial charge is 0.480 e. The summed E-state index contributed by atoms with van der Waals surface area (Å²) in [5.74, 6) is -2.37. The van der Waals surface area contributed by atoms with E-state index in [1.807, 2.05) is 36.5 Å². The first-order valence-electron chi connectivity index (χ1n) is 20.9. The number of hydrogen-bond acceptors (Lipinski definition) is 10. The maximum Gasteiger partial charge on any atom is 0.472 e. The fourth-order valence-electron chi connectivity index (χ4n) is 5.04. The average molecular weight is 822 g/mol. The third-order valence-electron chi connectivity index (χ3n) is 8.40. The molecule has 0 radical (unpaired) electrons. The number of carboxylic acids is 1. The van der Waals surface area contributed by atoms with Gasteiger partial charge in [0.15, 0.2) is 11.9 Å². The number of aliphatic carboxylic acids is 1. The summed E-state index contributed by atoms with van der Waals surface area (Å²) in [5.41, 5.74) is 5.32. The molecule has 0 rings (SSSR count). The summed E-state index contributed by atoms with van der Waals surface area (Å²) in [7, 11) is -4.75. The van der Waals surface area contributed by atoms with Gasteiger partial charge in [-0.2, -0.15) is 0 Å². The smallest absolute Gasteiger partial charge is 0.472 e. The molecule has 4 N–H and O–H groups in total. The summed E-state index contributed by atoms with van der Waals surface area (Å²) in [5, 5.41) is 8.88. The van der Waals surface area contributed by atoms with Crippen molar-refractivity contribution in [3.05, 3.63) is 72.9 Å². The van der Waals surface area contributed by atoms with Crippen molar-refractivity contribution in [1.82, 2.24) is 0 Å². The highest BCUT2D eigenvalue weighted by molar-refractivity contribution is 7.47. The third kappa shape index (κ3) is 37.9. The topological polar surface area (TPSA) is 189 Å². The zero-order valence-corrected chi connectivity index (χ0v) is 35.5. The van der Waals surface area contributed by atoms with Gasteiger partial charge in [0.2, 0.25) is 0 Å². The molecule has 0 saturated carbocycles. The summed E-state index contributed by atoms with van der Waals surface area (Å²) in [6.45, 7) is 2.51. The van der Waals surface area contributed by atoms with E-state index >= 15 is 0 Å². The van der Waals surface area contributed by atoms with Crippen LogP contribution in [-0.4, -0.2) is 65.7 Å². The molecular weight excluding hydrogens is 749 g/mol. The number of unbranched alkanes of at least 4 members (excludes halogenated alkanes) is 11. The number of carbonyl (C=O) groups excluding carboxylic acids is 3. The number of ether oxygens (including phenoxy) is 2. The van der Waals surface area contributed by atoms with E-state index in [0.29, 0.717) is 25.7 Å². The Morgan fingerprint density at radius 2 is 1.11 bits per heavy atom. The number of esters is 2. The second kappa shape index (κ2) is 38.1. The number of nitrogens with two attached hydrogens (primary N) is 1. The summed E-state index contributed by atoms with van der Waals surface area (Å²) in [6, 6.07) is -1.54. The van der Waals surface area contributed by atoms with Crippen LogP contribution in [0.25, 0.3) is 0 Å². The van der Waals surface area contributed by atoms with Gasteiger partial charge in [0, 0.05) is 19.3 Å². The Morgan fingerprint density at radius 1 is 0.596 bits per heavy atom. The molecule has 0 aliphatic rings. The molecule has 0 aliphatic carbocycles. The second-order valence-corrected chi connectivity index (χ2v) is 15.3. The van der Waals surface area contributed by atoms with E-state index in [0.717, 1.165) is 77.0 Å². The van der Waals surface area contributed by atoms with Gasteiger partial charge in [-0.1, -0.05) is 126 Å². The SMILES string of the molecule is CCCCC/C=C\C/C=C\CCCCCCCC(=O)O[C@H](COC(=O)CCC/C=C\C/C=C\C/C=C\C=C\C(=O)CCCCC)COP(=O)(O)OC[C@H](N)C(=O)O. The molecule has 0 fully saturated rings. The van der Waals surface area contributed by atoms with Gasteiger partial charge in [0.1, 0.15) is 12.6 Å². The summed E-state index contributed by atoms with van der Waals surface area (Å²) < 4.78 is 32.5. The number of phosphoric ester groups is 1. The summed E-state index contributed by atoms with van der Waals surface area (Å²) in [4.78, 5) is 57.6. The number of ketones is 1. The predicted octanol–water partition coefficient (Wildman–Crippen LogP) is 10.1. The van der Waals surface area contributed by atoms with Crippen LogP contribution in [0.15, 0.2) is 72.9 Å². The molecule has 0 saturated heterocycles. The molecular formula is C44H72NO11P. The van der Waals surface area contributed by atoms with Gasteiger partial charge in [0.05, 0.1) is 13.2 Å². The maximum atomic E-state index is 12.6. The number of carboxylic acid groups (broad SMARTS) is 1. The lowest BCUT2D eigenvalue weighted by Gasteiger charge is -2.20. The molecule has 3 atom stereocenters. The molecule has 0 aromatic heterocycles. The van der Waals surface area contributed by atoms with Crippen LogP contribution in [-0.2, 0) is 42.3 Å². The van der Waals surface area contributed by atoms with Crippen molar-refractivity contribution in [2.45, 2.75) is 161 Å².